The van der Waals surface area contributed by atoms with Gasteiger partial charge in [-0.1, -0.05) is 23.7 Å². The quantitative estimate of drug-likeness (QED) is 0.407. The minimum Gasteiger partial charge on any atom is -0.354 e. The number of hydrogen-bond acceptors (Lipinski definition) is 6. The number of rotatable bonds is 8. The van der Waals surface area contributed by atoms with Gasteiger partial charge in [0.1, 0.15) is 5.82 Å². The monoisotopic (exact) mass is 503 g/mol. The number of aromatic nitrogens is 3. The van der Waals surface area contributed by atoms with Crippen LogP contribution in [0.25, 0.3) is 0 Å². The van der Waals surface area contributed by atoms with Crippen molar-refractivity contribution in [3.8, 4) is 0 Å². The average molecular weight is 504 g/mol. The highest BCUT2D eigenvalue weighted by atomic mass is 35.5. The van der Waals surface area contributed by atoms with Crippen LogP contribution in [0.3, 0.4) is 0 Å². The molecule has 11 heteroatoms. The first kappa shape index (κ1) is 24.6. The topological polar surface area (TPSA) is 96.9 Å². The maximum Gasteiger partial charge on any atom is 0.418 e. The van der Waals surface area contributed by atoms with Gasteiger partial charge in [0.15, 0.2) is 5.78 Å². The fraction of sp³-hybridized carbons (Fsp3) is 0.292. The van der Waals surface area contributed by atoms with Crippen molar-refractivity contribution in [3.63, 3.8) is 0 Å². The van der Waals surface area contributed by atoms with Crippen LogP contribution in [0.2, 0.25) is 5.02 Å². The van der Waals surface area contributed by atoms with Crippen molar-refractivity contribution >= 4 is 34.7 Å². The highest BCUT2D eigenvalue weighted by Gasteiger charge is 2.51. The minimum absolute atomic E-state index is 0.0146. The second-order valence-electron chi connectivity index (χ2n) is 8.40. The van der Waals surface area contributed by atoms with Gasteiger partial charge in [0, 0.05) is 18.8 Å². The summed E-state index contributed by atoms with van der Waals surface area (Å²) in [6.07, 6.45) is 0.940. The molecule has 1 aliphatic rings. The molecule has 7 nitrogen and oxygen atoms in total. The highest BCUT2D eigenvalue weighted by molar-refractivity contribution is 6.31. The van der Waals surface area contributed by atoms with E-state index in [1.54, 1.807) is 6.92 Å². The number of benzene rings is 1. The first-order valence-corrected chi connectivity index (χ1v) is 11.1. The number of para-hydroxylation sites is 1. The van der Waals surface area contributed by atoms with Crippen molar-refractivity contribution in [2.75, 3.05) is 5.32 Å². The number of halogens is 4. The third-order valence-corrected chi connectivity index (χ3v) is 6.11. The van der Waals surface area contributed by atoms with Gasteiger partial charge >= 0.3 is 6.18 Å². The molecule has 1 fully saturated rings. The lowest BCUT2D eigenvalue weighted by Gasteiger charge is -2.16. The average Bonchev–Trinajstić information content (AvgIpc) is 3.59. The first-order chi connectivity index (χ1) is 16.6. The number of nitrogens with zero attached hydrogens (tertiary/aromatic N) is 3. The zero-order valence-corrected chi connectivity index (χ0v) is 19.4. The normalized spacial score (nSPS) is 14.3. The van der Waals surface area contributed by atoms with Crippen LogP contribution < -0.4 is 10.6 Å². The van der Waals surface area contributed by atoms with Crippen molar-refractivity contribution in [2.45, 2.75) is 38.9 Å². The van der Waals surface area contributed by atoms with Crippen molar-refractivity contribution < 1.29 is 22.8 Å². The van der Waals surface area contributed by atoms with Gasteiger partial charge in [-0.05, 0) is 38.0 Å². The molecule has 0 unspecified atom stereocenters. The zero-order valence-electron chi connectivity index (χ0n) is 18.6. The number of hydrogen-bond donors (Lipinski definition) is 2. The van der Waals surface area contributed by atoms with Gasteiger partial charge in [0.25, 0.3) is 0 Å². The first-order valence-electron chi connectivity index (χ1n) is 10.8. The smallest absolute Gasteiger partial charge is 0.354 e. The number of pyridine rings is 1. The molecule has 1 saturated carbocycles. The van der Waals surface area contributed by atoms with Gasteiger partial charge < -0.3 is 10.6 Å². The summed E-state index contributed by atoms with van der Waals surface area (Å²) >= 11 is 6.27. The van der Waals surface area contributed by atoms with E-state index in [0.29, 0.717) is 29.9 Å². The lowest BCUT2D eigenvalue weighted by molar-refractivity contribution is -0.137. The summed E-state index contributed by atoms with van der Waals surface area (Å²) in [5.74, 6) is 0.0667. The molecule has 2 heterocycles. The van der Waals surface area contributed by atoms with Crippen molar-refractivity contribution in [1.82, 2.24) is 20.3 Å². The molecule has 3 aromatic rings. The van der Waals surface area contributed by atoms with E-state index in [9.17, 15) is 22.8 Å². The Hall–Kier alpha value is -3.53. The third-order valence-electron chi connectivity index (χ3n) is 5.78. The molecule has 182 valence electrons. The van der Waals surface area contributed by atoms with Crippen LogP contribution in [-0.2, 0) is 17.5 Å². The fourth-order valence-electron chi connectivity index (χ4n) is 3.59. The van der Waals surface area contributed by atoms with E-state index in [2.05, 4.69) is 25.6 Å². The van der Waals surface area contributed by atoms with Gasteiger partial charge in [-0.3, -0.25) is 14.6 Å². The van der Waals surface area contributed by atoms with Crippen molar-refractivity contribution in [1.29, 1.82) is 0 Å². The molecule has 1 aliphatic carbocycles. The standard InChI is InChI=1S/C24H21ClF3N5O2/c1-14-29-10-15(11-30-14)21(34)9-23(6-7-23)22(35)32-13-20-18(25)8-16(12-31-20)33-19-5-3-2-4-17(19)24(26,27)28/h2-5,8,10-12,33H,6-7,9,13H2,1H3,(H,32,35). The summed E-state index contributed by atoms with van der Waals surface area (Å²) in [5, 5.41) is 5.63. The fourth-order valence-corrected chi connectivity index (χ4v) is 3.83. The molecule has 1 amide bonds. The Morgan fingerprint density at radius 1 is 1.09 bits per heavy atom. The SMILES string of the molecule is Cc1ncc(C(=O)CC2(C(=O)NCc3ncc(Nc4ccccc4C(F)(F)F)cc3Cl)CC2)cn1. The molecule has 0 spiro atoms. The van der Waals surface area contributed by atoms with E-state index < -0.39 is 17.2 Å². The molecule has 0 bridgehead atoms. The number of amides is 1. The van der Waals surface area contributed by atoms with Gasteiger partial charge in [0.05, 0.1) is 51.4 Å². The number of carbonyl (C=O) groups is 2. The zero-order chi connectivity index (χ0) is 25.2. The molecule has 2 N–H and O–H groups in total. The number of ketones is 1. The molecular formula is C24H21ClF3N5O2. The molecule has 0 atom stereocenters. The molecule has 0 aliphatic heterocycles. The lowest BCUT2D eigenvalue weighted by atomic mass is 9.95. The van der Waals surface area contributed by atoms with Crippen molar-refractivity contribution in [2.24, 2.45) is 5.41 Å². The van der Waals surface area contributed by atoms with E-state index in [0.717, 1.165) is 6.07 Å². The van der Waals surface area contributed by atoms with Crippen LogP contribution in [-0.4, -0.2) is 26.6 Å². The molecule has 0 radical (unpaired) electrons. The molecule has 1 aromatic carbocycles. The van der Waals surface area contributed by atoms with E-state index in [-0.39, 0.29) is 41.1 Å². The number of anilines is 2. The Kier molecular flexibility index (Phi) is 6.75. The summed E-state index contributed by atoms with van der Waals surface area (Å²) in [7, 11) is 0. The van der Waals surface area contributed by atoms with E-state index in [1.807, 2.05) is 0 Å². The maximum absolute atomic E-state index is 13.2. The predicted octanol–water partition coefficient (Wildman–Crippen LogP) is 5.27. The van der Waals surface area contributed by atoms with Crippen LogP contribution in [0.4, 0.5) is 24.5 Å². The van der Waals surface area contributed by atoms with Gasteiger partial charge in [-0.2, -0.15) is 13.2 Å². The van der Waals surface area contributed by atoms with Gasteiger partial charge in [-0.25, -0.2) is 9.97 Å². The number of aryl methyl sites for hydroxylation is 1. The molecule has 4 rings (SSSR count). The second kappa shape index (κ2) is 9.61. The molecule has 0 saturated heterocycles. The van der Waals surface area contributed by atoms with Crippen LogP contribution in [0.1, 0.15) is 46.7 Å². The number of nitrogens with one attached hydrogen (secondary N) is 2. The molecule has 2 aromatic heterocycles. The molecule has 35 heavy (non-hydrogen) atoms. The summed E-state index contributed by atoms with van der Waals surface area (Å²) in [6, 6.07) is 6.52. The van der Waals surface area contributed by atoms with E-state index in [1.165, 1.54) is 42.9 Å². The third kappa shape index (κ3) is 5.76. The maximum atomic E-state index is 13.2. The number of carbonyl (C=O) groups excluding carboxylic acids is 2. The Bertz CT molecular complexity index is 1260. The van der Waals surface area contributed by atoms with Gasteiger partial charge in [0.2, 0.25) is 5.91 Å². The number of Topliss-reactive ketones (excluding diaryl/α,β-unsaturated/α-hetero) is 1. The number of alkyl halides is 3. The summed E-state index contributed by atoms with van der Waals surface area (Å²) in [4.78, 5) is 37.5. The van der Waals surface area contributed by atoms with E-state index >= 15 is 0 Å². The lowest BCUT2D eigenvalue weighted by Crippen LogP contribution is -2.33. The Labute approximate surface area is 204 Å². The van der Waals surface area contributed by atoms with Crippen molar-refractivity contribution in [3.05, 3.63) is 76.6 Å². The minimum atomic E-state index is -4.52. The van der Waals surface area contributed by atoms with Crippen LogP contribution in [0, 0.1) is 12.3 Å². The Morgan fingerprint density at radius 2 is 1.77 bits per heavy atom. The second-order valence-corrected chi connectivity index (χ2v) is 8.81. The Balaban J connectivity index is 1.38. The van der Waals surface area contributed by atoms with E-state index in [4.69, 9.17) is 11.6 Å². The molecular weight excluding hydrogens is 483 g/mol. The van der Waals surface area contributed by atoms with Crippen LogP contribution >= 0.6 is 11.6 Å². The highest BCUT2D eigenvalue weighted by Crippen LogP contribution is 2.49. The van der Waals surface area contributed by atoms with Gasteiger partial charge in [-0.15, -0.1) is 0 Å². The summed E-state index contributed by atoms with van der Waals surface area (Å²) < 4.78 is 39.6. The summed E-state index contributed by atoms with van der Waals surface area (Å²) in [6.45, 7) is 1.73. The largest absolute Gasteiger partial charge is 0.418 e. The van der Waals surface area contributed by atoms with Crippen LogP contribution in [0.15, 0.2) is 48.9 Å². The Morgan fingerprint density at radius 3 is 2.40 bits per heavy atom. The predicted molar refractivity (Wildman–Crippen MR) is 123 cm³/mol. The summed E-state index contributed by atoms with van der Waals surface area (Å²) in [5.41, 5.74) is -0.742. The van der Waals surface area contributed by atoms with Crippen LogP contribution in [0.5, 0.6) is 0 Å².